The molecule has 0 atom stereocenters. The van der Waals surface area contributed by atoms with Gasteiger partial charge in [-0.25, -0.2) is 4.39 Å². The summed E-state index contributed by atoms with van der Waals surface area (Å²) < 4.78 is 30.8. The van der Waals surface area contributed by atoms with Gasteiger partial charge in [0.1, 0.15) is 24.7 Å². The van der Waals surface area contributed by atoms with Crippen LogP contribution >= 0.6 is 34.8 Å². The molecule has 1 heterocycles. The Labute approximate surface area is 251 Å². The predicted molar refractivity (Wildman–Crippen MR) is 164 cm³/mol. The first kappa shape index (κ1) is 29.5. The number of ether oxygens (including phenoxy) is 3. The molecule has 40 heavy (non-hydrogen) atoms. The average Bonchev–Trinajstić information content (AvgIpc) is 3.17. The fourth-order valence-corrected chi connectivity index (χ4v) is 5.24. The molecule has 0 unspecified atom stereocenters. The van der Waals surface area contributed by atoms with Crippen LogP contribution in [0.1, 0.15) is 30.5 Å². The van der Waals surface area contributed by atoms with Gasteiger partial charge in [0.25, 0.3) is 5.91 Å². The lowest BCUT2D eigenvalue weighted by molar-refractivity contribution is -0.140. The molecule has 0 saturated carbocycles. The minimum atomic E-state index is -0.529. The van der Waals surface area contributed by atoms with Gasteiger partial charge in [-0.3, -0.25) is 14.5 Å². The van der Waals surface area contributed by atoms with E-state index in [0.717, 1.165) is 21.1 Å². The summed E-state index contributed by atoms with van der Waals surface area (Å²) in [5.74, 6) is -0.181. The number of carbonyl (C=O) groups is 2. The van der Waals surface area contributed by atoms with Crippen LogP contribution in [0.5, 0.6) is 11.5 Å². The van der Waals surface area contributed by atoms with Crippen LogP contribution in [0, 0.1) is 9.39 Å². The standard InChI is InChI=1S/C30H28FIN2O5S/c1-4-19-8-12-23(13-9-19)34-29(36)25(33(30(34)40)17-27(35)37-3)15-21-14-24(32)28(26(16-21)38-5-2)39-18-20-6-10-22(31)11-7-20/h6-16H,4-5,17-18H2,1-3H3/b25-15-. The number of amides is 1. The van der Waals surface area contributed by atoms with Crippen molar-refractivity contribution in [2.45, 2.75) is 26.9 Å². The Morgan fingerprint density at radius 3 is 2.33 bits per heavy atom. The molecule has 4 rings (SSSR count). The van der Waals surface area contributed by atoms with Gasteiger partial charge in [-0.15, -0.1) is 0 Å². The third kappa shape index (κ3) is 6.61. The van der Waals surface area contributed by atoms with Crippen molar-refractivity contribution in [1.29, 1.82) is 0 Å². The van der Waals surface area contributed by atoms with Crippen LogP contribution in [0.3, 0.4) is 0 Å². The highest BCUT2D eigenvalue weighted by molar-refractivity contribution is 14.1. The van der Waals surface area contributed by atoms with Crippen LogP contribution < -0.4 is 14.4 Å². The van der Waals surface area contributed by atoms with Gasteiger partial charge in [-0.2, -0.15) is 0 Å². The molecule has 0 bridgehead atoms. The summed E-state index contributed by atoms with van der Waals surface area (Å²) >= 11 is 7.80. The van der Waals surface area contributed by atoms with E-state index in [0.29, 0.717) is 29.4 Å². The molecule has 3 aromatic rings. The van der Waals surface area contributed by atoms with E-state index in [1.807, 2.05) is 37.3 Å². The number of thiocarbonyl (C=S) groups is 1. The smallest absolute Gasteiger partial charge is 0.325 e. The Hall–Kier alpha value is -3.51. The molecule has 0 aromatic heterocycles. The van der Waals surface area contributed by atoms with E-state index in [9.17, 15) is 14.0 Å². The van der Waals surface area contributed by atoms with Crippen molar-refractivity contribution in [1.82, 2.24) is 4.90 Å². The molecule has 208 valence electrons. The quantitative estimate of drug-likeness (QED) is 0.111. The van der Waals surface area contributed by atoms with Crippen LogP contribution in [-0.2, 0) is 27.4 Å². The summed E-state index contributed by atoms with van der Waals surface area (Å²) in [5, 5.41) is 0.185. The molecule has 1 fully saturated rings. The minimum Gasteiger partial charge on any atom is -0.490 e. The lowest BCUT2D eigenvalue weighted by atomic mass is 10.1. The first-order valence-electron chi connectivity index (χ1n) is 12.6. The molecule has 1 saturated heterocycles. The number of methoxy groups -OCH3 is 1. The van der Waals surface area contributed by atoms with Gasteiger partial charge in [0.15, 0.2) is 16.6 Å². The molecular weight excluding hydrogens is 646 g/mol. The summed E-state index contributed by atoms with van der Waals surface area (Å²) in [6, 6.07) is 17.3. The number of aryl methyl sites for hydroxylation is 1. The molecule has 0 radical (unpaired) electrons. The largest absolute Gasteiger partial charge is 0.490 e. The Morgan fingerprint density at radius 1 is 1.02 bits per heavy atom. The third-order valence-corrected chi connectivity index (χ3v) is 7.39. The topological polar surface area (TPSA) is 68.3 Å². The van der Waals surface area contributed by atoms with Crippen LogP contribution in [0.15, 0.2) is 66.4 Å². The second kappa shape index (κ2) is 13.2. The third-order valence-electron chi connectivity index (χ3n) is 6.18. The number of nitrogens with zero attached hydrogens (tertiary/aromatic N) is 2. The zero-order valence-corrected chi connectivity index (χ0v) is 25.3. The molecular formula is C30H28FIN2O5S. The predicted octanol–water partition coefficient (Wildman–Crippen LogP) is 6.12. The van der Waals surface area contributed by atoms with Gasteiger partial charge < -0.3 is 19.1 Å². The van der Waals surface area contributed by atoms with E-state index in [4.69, 9.17) is 26.4 Å². The molecule has 10 heteroatoms. The fourth-order valence-electron chi connectivity index (χ4n) is 4.10. The lowest BCUT2D eigenvalue weighted by Gasteiger charge is -2.19. The Kier molecular flexibility index (Phi) is 9.75. The molecule has 0 spiro atoms. The second-order valence-corrected chi connectivity index (χ2v) is 10.3. The van der Waals surface area contributed by atoms with Crippen molar-refractivity contribution >= 4 is 63.6 Å². The number of carbonyl (C=O) groups excluding carboxylic acids is 2. The number of esters is 1. The van der Waals surface area contributed by atoms with Crippen molar-refractivity contribution in [3.05, 3.63) is 92.4 Å². The number of rotatable bonds is 10. The van der Waals surface area contributed by atoms with Crippen molar-refractivity contribution in [2.24, 2.45) is 0 Å². The van der Waals surface area contributed by atoms with Crippen LogP contribution in [0.25, 0.3) is 6.08 Å². The number of anilines is 1. The number of hydrogen-bond donors (Lipinski definition) is 0. The molecule has 1 aliphatic heterocycles. The van der Waals surface area contributed by atoms with E-state index < -0.39 is 5.97 Å². The van der Waals surface area contributed by atoms with Crippen molar-refractivity contribution in [3.63, 3.8) is 0 Å². The zero-order valence-electron chi connectivity index (χ0n) is 22.3. The summed E-state index contributed by atoms with van der Waals surface area (Å²) in [5.41, 5.74) is 3.43. The van der Waals surface area contributed by atoms with E-state index in [-0.39, 0.29) is 35.7 Å². The van der Waals surface area contributed by atoms with Gasteiger partial charge in [-0.05, 0) is 107 Å². The molecule has 0 aliphatic carbocycles. The van der Waals surface area contributed by atoms with Crippen molar-refractivity contribution < 1.29 is 28.2 Å². The summed E-state index contributed by atoms with van der Waals surface area (Å²) in [6.45, 7) is 4.31. The van der Waals surface area contributed by atoms with Crippen molar-refractivity contribution in [3.8, 4) is 11.5 Å². The summed E-state index contributed by atoms with van der Waals surface area (Å²) in [6.07, 6.45) is 2.54. The van der Waals surface area contributed by atoms with E-state index in [1.54, 1.807) is 24.3 Å². The summed E-state index contributed by atoms with van der Waals surface area (Å²) in [4.78, 5) is 28.8. The second-order valence-electron chi connectivity index (χ2n) is 8.81. The molecule has 3 aromatic carbocycles. The maximum atomic E-state index is 13.7. The molecule has 1 amide bonds. The zero-order chi connectivity index (χ0) is 28.8. The first-order valence-corrected chi connectivity index (χ1v) is 14.1. The van der Waals surface area contributed by atoms with Crippen molar-refractivity contribution in [2.75, 3.05) is 25.2 Å². The van der Waals surface area contributed by atoms with Gasteiger partial charge in [0, 0.05) is 0 Å². The Bertz CT molecular complexity index is 1440. The number of benzene rings is 3. The monoisotopic (exact) mass is 674 g/mol. The Balaban J connectivity index is 1.70. The maximum absolute atomic E-state index is 13.7. The SMILES string of the molecule is CCOc1cc(/C=C2/C(=O)N(c3ccc(CC)cc3)C(=S)N2CC(=O)OC)cc(I)c1OCc1ccc(F)cc1. The van der Waals surface area contributed by atoms with E-state index >= 15 is 0 Å². The number of hydrogen-bond acceptors (Lipinski definition) is 6. The van der Waals surface area contributed by atoms with E-state index in [1.165, 1.54) is 29.0 Å². The molecule has 1 aliphatic rings. The van der Waals surface area contributed by atoms with Gasteiger partial charge in [-0.1, -0.05) is 31.2 Å². The Morgan fingerprint density at radius 2 is 1.70 bits per heavy atom. The highest BCUT2D eigenvalue weighted by atomic mass is 127. The van der Waals surface area contributed by atoms with Crippen LogP contribution in [0.4, 0.5) is 10.1 Å². The lowest BCUT2D eigenvalue weighted by Crippen LogP contribution is -2.35. The van der Waals surface area contributed by atoms with Gasteiger partial charge in [0.2, 0.25) is 0 Å². The normalized spacial score (nSPS) is 14.2. The molecule has 7 nitrogen and oxygen atoms in total. The van der Waals surface area contributed by atoms with Crippen LogP contribution in [0.2, 0.25) is 0 Å². The fraction of sp³-hybridized carbons (Fsp3) is 0.233. The molecule has 0 N–H and O–H groups in total. The maximum Gasteiger partial charge on any atom is 0.325 e. The minimum absolute atomic E-state index is 0.185. The van der Waals surface area contributed by atoms with E-state index in [2.05, 4.69) is 29.5 Å². The van der Waals surface area contributed by atoms with Crippen LogP contribution in [-0.4, -0.2) is 42.2 Å². The van der Waals surface area contributed by atoms with Gasteiger partial charge in [0.05, 0.1) is 23.0 Å². The highest BCUT2D eigenvalue weighted by Crippen LogP contribution is 2.37. The highest BCUT2D eigenvalue weighted by Gasteiger charge is 2.40. The summed E-state index contributed by atoms with van der Waals surface area (Å²) in [7, 11) is 1.29. The average molecular weight is 675 g/mol. The number of halogens is 2. The first-order chi connectivity index (χ1) is 19.2. The van der Waals surface area contributed by atoms with Gasteiger partial charge >= 0.3 is 5.97 Å².